The van der Waals surface area contributed by atoms with Crippen molar-refractivity contribution < 1.29 is 0 Å². The Morgan fingerprint density at radius 3 is 2.53 bits per heavy atom. The van der Waals surface area contributed by atoms with Gasteiger partial charge in [0.2, 0.25) is 0 Å². The summed E-state index contributed by atoms with van der Waals surface area (Å²) in [5.41, 5.74) is 7.00. The van der Waals surface area contributed by atoms with E-state index >= 15 is 0 Å². The summed E-state index contributed by atoms with van der Waals surface area (Å²) in [6, 6.07) is 4.57. The number of aryl methyl sites for hydroxylation is 3. The summed E-state index contributed by atoms with van der Waals surface area (Å²) in [5, 5.41) is 4.69. The molecule has 0 spiro atoms. The Bertz CT molecular complexity index is 550. The summed E-state index contributed by atoms with van der Waals surface area (Å²) >= 11 is 0. The van der Waals surface area contributed by atoms with Gasteiger partial charge in [-0.2, -0.15) is 0 Å². The van der Waals surface area contributed by atoms with Crippen LogP contribution in [0.15, 0.2) is 12.1 Å². The van der Waals surface area contributed by atoms with E-state index in [0.29, 0.717) is 0 Å². The zero-order chi connectivity index (χ0) is 12.6. The van der Waals surface area contributed by atoms with Gasteiger partial charge in [0.05, 0.1) is 0 Å². The largest absolute Gasteiger partial charge is 0.348 e. The molecule has 0 aliphatic carbocycles. The average Bonchev–Trinajstić information content (AvgIpc) is 2.51. The minimum Gasteiger partial charge on any atom is -0.348 e. The van der Waals surface area contributed by atoms with E-state index in [1.807, 2.05) is 7.05 Å². The molecule has 0 amide bonds. The highest BCUT2D eigenvalue weighted by Gasteiger charge is 2.13. The van der Waals surface area contributed by atoms with Crippen molar-refractivity contribution in [2.24, 2.45) is 7.05 Å². The highest BCUT2D eigenvalue weighted by molar-refractivity contribution is 5.89. The third kappa shape index (κ3) is 1.98. The number of likely N-dealkylation sites (N-methyl/N-ethyl adjacent to an activating group) is 1. The first-order valence-corrected chi connectivity index (χ1v) is 6.26. The van der Waals surface area contributed by atoms with Crippen LogP contribution in [0, 0.1) is 20.8 Å². The van der Waals surface area contributed by atoms with E-state index < -0.39 is 0 Å². The smallest absolute Gasteiger partial charge is 0.0488 e. The summed E-state index contributed by atoms with van der Waals surface area (Å²) in [5.74, 6) is 0. The molecule has 0 aliphatic heterocycles. The van der Waals surface area contributed by atoms with Gasteiger partial charge in [-0.1, -0.05) is 6.07 Å². The highest BCUT2D eigenvalue weighted by atomic mass is 14.9. The van der Waals surface area contributed by atoms with Crippen LogP contribution >= 0.6 is 0 Å². The molecule has 2 aromatic rings. The molecule has 0 unspecified atom stereocenters. The Kier molecular flexibility index (Phi) is 3.25. The second kappa shape index (κ2) is 4.53. The number of hydrogen-bond acceptors (Lipinski definition) is 1. The van der Waals surface area contributed by atoms with Crippen molar-refractivity contribution in [1.29, 1.82) is 0 Å². The molecule has 1 aromatic carbocycles. The second-order valence-corrected chi connectivity index (χ2v) is 4.95. The van der Waals surface area contributed by atoms with Gasteiger partial charge in [0.25, 0.3) is 0 Å². The highest BCUT2D eigenvalue weighted by Crippen LogP contribution is 2.29. The molecule has 1 heterocycles. The van der Waals surface area contributed by atoms with Crippen LogP contribution in [-0.4, -0.2) is 18.2 Å². The first-order chi connectivity index (χ1) is 8.06. The minimum atomic E-state index is 1.03. The van der Waals surface area contributed by atoms with Crippen LogP contribution in [0.25, 0.3) is 10.9 Å². The summed E-state index contributed by atoms with van der Waals surface area (Å²) in [6.45, 7) is 7.65. The average molecular weight is 230 g/mol. The van der Waals surface area contributed by atoms with Crippen LogP contribution in [0.3, 0.4) is 0 Å². The Morgan fingerprint density at radius 1 is 1.18 bits per heavy atom. The maximum absolute atomic E-state index is 3.24. The Morgan fingerprint density at radius 2 is 1.88 bits per heavy atom. The van der Waals surface area contributed by atoms with Gasteiger partial charge in [0.15, 0.2) is 0 Å². The van der Waals surface area contributed by atoms with E-state index in [4.69, 9.17) is 0 Å². The third-order valence-electron chi connectivity index (χ3n) is 3.69. The van der Waals surface area contributed by atoms with Crippen molar-refractivity contribution >= 4 is 10.9 Å². The topological polar surface area (TPSA) is 17.0 Å². The van der Waals surface area contributed by atoms with Crippen molar-refractivity contribution in [3.05, 3.63) is 34.5 Å². The first-order valence-electron chi connectivity index (χ1n) is 6.26. The number of nitrogens with zero attached hydrogens (tertiary/aromatic N) is 1. The van der Waals surface area contributed by atoms with Gasteiger partial charge in [-0.15, -0.1) is 0 Å². The lowest BCUT2D eigenvalue weighted by Crippen LogP contribution is -2.11. The quantitative estimate of drug-likeness (QED) is 0.858. The van der Waals surface area contributed by atoms with E-state index in [1.165, 1.54) is 33.3 Å². The molecule has 0 radical (unpaired) electrons. The number of rotatable bonds is 3. The molecular formula is C15H22N2. The Balaban J connectivity index is 2.70. The molecule has 0 aliphatic rings. The van der Waals surface area contributed by atoms with Gasteiger partial charge in [0, 0.05) is 23.6 Å². The summed E-state index contributed by atoms with van der Waals surface area (Å²) < 4.78 is 2.32. The second-order valence-electron chi connectivity index (χ2n) is 4.95. The zero-order valence-electron chi connectivity index (χ0n) is 11.5. The van der Waals surface area contributed by atoms with E-state index in [-0.39, 0.29) is 0 Å². The summed E-state index contributed by atoms with van der Waals surface area (Å²) in [7, 11) is 4.18. The van der Waals surface area contributed by atoms with Crippen molar-refractivity contribution in [2.45, 2.75) is 27.2 Å². The van der Waals surface area contributed by atoms with Gasteiger partial charge < -0.3 is 9.88 Å². The van der Waals surface area contributed by atoms with E-state index in [0.717, 1.165) is 13.0 Å². The number of aromatic nitrogens is 1. The molecule has 1 aromatic heterocycles. The number of fused-ring (bicyclic) bond motifs is 1. The molecule has 2 nitrogen and oxygen atoms in total. The number of benzene rings is 1. The van der Waals surface area contributed by atoms with Crippen LogP contribution in [0.4, 0.5) is 0 Å². The van der Waals surface area contributed by atoms with Gasteiger partial charge in [0.1, 0.15) is 0 Å². The van der Waals surface area contributed by atoms with Crippen LogP contribution in [-0.2, 0) is 13.5 Å². The SMILES string of the molecule is CNCCc1c(C)n(C)c2cc(C)cc(C)c12. The monoisotopic (exact) mass is 230 g/mol. The lowest BCUT2D eigenvalue weighted by Gasteiger charge is -2.04. The van der Waals surface area contributed by atoms with E-state index in [9.17, 15) is 0 Å². The predicted octanol–water partition coefficient (Wildman–Crippen LogP) is 2.87. The standard InChI is InChI=1S/C15H22N2/c1-10-8-11(2)15-13(6-7-16-4)12(3)17(5)14(15)9-10/h8-9,16H,6-7H2,1-5H3. The van der Waals surface area contributed by atoms with Gasteiger partial charge >= 0.3 is 0 Å². The lowest BCUT2D eigenvalue weighted by molar-refractivity contribution is 0.783. The fourth-order valence-electron chi connectivity index (χ4n) is 2.72. The molecule has 0 saturated heterocycles. The number of nitrogens with one attached hydrogen (secondary N) is 1. The fraction of sp³-hybridized carbons (Fsp3) is 0.467. The molecule has 17 heavy (non-hydrogen) atoms. The molecule has 0 atom stereocenters. The Hall–Kier alpha value is -1.28. The third-order valence-corrected chi connectivity index (χ3v) is 3.69. The van der Waals surface area contributed by atoms with Crippen LogP contribution in [0.2, 0.25) is 0 Å². The maximum atomic E-state index is 3.24. The van der Waals surface area contributed by atoms with Gasteiger partial charge in [-0.3, -0.25) is 0 Å². The van der Waals surface area contributed by atoms with Crippen LogP contribution < -0.4 is 5.32 Å². The minimum absolute atomic E-state index is 1.03. The van der Waals surface area contributed by atoms with Gasteiger partial charge in [-0.25, -0.2) is 0 Å². The zero-order valence-corrected chi connectivity index (χ0v) is 11.5. The fourth-order valence-corrected chi connectivity index (χ4v) is 2.72. The Labute approximate surface area is 104 Å². The molecule has 92 valence electrons. The van der Waals surface area contributed by atoms with Crippen molar-refractivity contribution in [1.82, 2.24) is 9.88 Å². The number of hydrogen-bond donors (Lipinski definition) is 1. The van der Waals surface area contributed by atoms with Crippen molar-refractivity contribution in [2.75, 3.05) is 13.6 Å². The van der Waals surface area contributed by atoms with Crippen molar-refractivity contribution in [3.8, 4) is 0 Å². The molecule has 1 N–H and O–H groups in total. The maximum Gasteiger partial charge on any atom is 0.0488 e. The van der Waals surface area contributed by atoms with Crippen LogP contribution in [0.1, 0.15) is 22.4 Å². The molecule has 2 rings (SSSR count). The summed E-state index contributed by atoms with van der Waals surface area (Å²) in [6.07, 6.45) is 1.10. The molecule has 0 fully saturated rings. The lowest BCUT2D eigenvalue weighted by atomic mass is 10.0. The molecule has 0 bridgehead atoms. The molecular weight excluding hydrogens is 208 g/mol. The molecule has 2 heteroatoms. The normalized spacial score (nSPS) is 11.4. The van der Waals surface area contributed by atoms with E-state index in [1.54, 1.807) is 0 Å². The van der Waals surface area contributed by atoms with E-state index in [2.05, 4.69) is 49.8 Å². The molecule has 0 saturated carbocycles. The summed E-state index contributed by atoms with van der Waals surface area (Å²) in [4.78, 5) is 0. The predicted molar refractivity (Wildman–Crippen MR) is 74.8 cm³/mol. The van der Waals surface area contributed by atoms with Crippen LogP contribution in [0.5, 0.6) is 0 Å². The van der Waals surface area contributed by atoms with Crippen molar-refractivity contribution in [3.63, 3.8) is 0 Å². The first kappa shape index (κ1) is 12.2. The van der Waals surface area contributed by atoms with Gasteiger partial charge in [-0.05, 0) is 63.5 Å².